The van der Waals surface area contributed by atoms with Crippen LogP contribution in [0.25, 0.3) is 0 Å². The third kappa shape index (κ3) is 12.4. The summed E-state index contributed by atoms with van der Waals surface area (Å²) in [6, 6.07) is 0. The Morgan fingerprint density at radius 2 is 2.07 bits per heavy atom. The zero-order chi connectivity index (χ0) is 10.5. The summed E-state index contributed by atoms with van der Waals surface area (Å²) in [5.41, 5.74) is 0. The second kappa shape index (κ2) is 7.68. The summed E-state index contributed by atoms with van der Waals surface area (Å²) in [5.74, 6) is -0.459. The van der Waals surface area contributed by atoms with E-state index in [1.165, 1.54) is 0 Å². The molecule has 1 unspecified atom stereocenters. The van der Waals surface area contributed by atoms with Crippen molar-refractivity contribution in [1.82, 2.24) is 0 Å². The molecule has 0 aliphatic carbocycles. The fourth-order valence-corrected chi connectivity index (χ4v) is 1.75. The van der Waals surface area contributed by atoms with E-state index in [0.717, 1.165) is 0 Å². The van der Waals surface area contributed by atoms with Gasteiger partial charge in [-0.3, -0.25) is 0 Å². The first-order chi connectivity index (χ1) is 5.81. The first-order valence-electron chi connectivity index (χ1n) is 2.87. The summed E-state index contributed by atoms with van der Waals surface area (Å²) in [6.07, 6.45) is -1.36. The Balaban J connectivity index is 0. The van der Waals surface area contributed by atoms with E-state index in [9.17, 15) is 23.1 Å². The monoisotopic (exact) mass is 255 g/mol. The quantitative estimate of drug-likeness (QED) is 0.166. The minimum atomic E-state index is -4.48. The maximum absolute atomic E-state index is 10.00. The molecule has 0 aliphatic rings. The van der Waals surface area contributed by atoms with Gasteiger partial charge in [-0.2, -0.15) is 0 Å². The topological polar surface area (TPSA) is 130 Å². The summed E-state index contributed by atoms with van der Waals surface area (Å²) in [6.45, 7) is -0.657. The van der Waals surface area contributed by atoms with Crippen molar-refractivity contribution in [2.75, 3.05) is 12.4 Å². The zero-order valence-electron chi connectivity index (χ0n) is 7.15. The molecule has 14 heavy (non-hydrogen) atoms. The van der Waals surface area contributed by atoms with Gasteiger partial charge in [0, 0.05) is 5.75 Å². The Labute approximate surface area is 106 Å². The molecule has 11 heteroatoms. The molecular weight excluding hydrogens is 249 g/mol. The summed E-state index contributed by atoms with van der Waals surface area (Å²) in [5, 5.41) is 17.3. The summed E-state index contributed by atoms with van der Waals surface area (Å²) >= 11 is 0. The van der Waals surface area contributed by atoms with Crippen LogP contribution in [-0.2, 0) is 14.0 Å². The van der Waals surface area contributed by atoms with Crippen molar-refractivity contribution < 1.29 is 57.6 Å². The van der Waals surface area contributed by atoms with Gasteiger partial charge < -0.3 is 14.5 Å². The average Bonchev–Trinajstić information content (AvgIpc) is 1.95. The Kier molecular flexibility index (Phi) is 9.23. The van der Waals surface area contributed by atoms with Crippen LogP contribution in [0.15, 0.2) is 0 Å². The van der Waals surface area contributed by atoms with Crippen LogP contribution in [0.3, 0.4) is 0 Å². The minimum Gasteiger partial charge on any atom is -0.739 e. The molecule has 0 aromatic carbocycles. The SMILES string of the molecule is O=[N+]([O-])OCC(O)CSS(=O)(=O)[O-].[Na+]. The van der Waals surface area contributed by atoms with Crippen molar-refractivity contribution in [2.24, 2.45) is 0 Å². The number of hydrogen-bond acceptors (Lipinski definition) is 8. The van der Waals surface area contributed by atoms with Crippen molar-refractivity contribution >= 4 is 19.9 Å². The fourth-order valence-electron chi connectivity index (χ4n) is 0.357. The van der Waals surface area contributed by atoms with Gasteiger partial charge in [0.15, 0.2) is 0 Å². The third-order valence-corrected chi connectivity index (χ3v) is 2.86. The third-order valence-electron chi connectivity index (χ3n) is 0.777. The predicted molar refractivity (Wildman–Crippen MR) is 41.1 cm³/mol. The Hall–Kier alpha value is 0.420. The molecule has 0 aliphatic heterocycles. The minimum absolute atomic E-state index is 0. The van der Waals surface area contributed by atoms with Crippen LogP contribution < -0.4 is 29.6 Å². The van der Waals surface area contributed by atoms with E-state index in [-0.39, 0.29) is 40.4 Å². The van der Waals surface area contributed by atoms with E-state index >= 15 is 0 Å². The average molecular weight is 255 g/mol. The molecule has 78 valence electrons. The molecule has 0 saturated heterocycles. The van der Waals surface area contributed by atoms with Gasteiger partial charge in [-0.05, 0) is 10.8 Å². The maximum Gasteiger partial charge on any atom is 1.00 e. The first kappa shape index (κ1) is 16.8. The van der Waals surface area contributed by atoms with Gasteiger partial charge in [0.2, 0.25) is 0 Å². The molecular formula is C3H6NNaO7S2. The molecule has 1 atom stereocenters. The van der Waals surface area contributed by atoms with Crippen LogP contribution >= 0.6 is 10.8 Å². The largest absolute Gasteiger partial charge is 1.00 e. The van der Waals surface area contributed by atoms with Crippen molar-refractivity contribution in [3.05, 3.63) is 10.1 Å². The predicted octanol–water partition coefficient (Wildman–Crippen LogP) is -4.25. The second-order valence-electron chi connectivity index (χ2n) is 1.87. The van der Waals surface area contributed by atoms with Crippen LogP contribution in [0.1, 0.15) is 0 Å². The summed E-state index contributed by atoms with van der Waals surface area (Å²) < 4.78 is 30.0. The van der Waals surface area contributed by atoms with Gasteiger partial charge in [0.05, 0.1) is 6.10 Å². The Morgan fingerprint density at radius 1 is 1.57 bits per heavy atom. The van der Waals surface area contributed by atoms with E-state index in [1.54, 1.807) is 0 Å². The smallest absolute Gasteiger partial charge is 0.739 e. The van der Waals surface area contributed by atoms with Gasteiger partial charge in [-0.25, -0.2) is 8.42 Å². The molecule has 0 fully saturated rings. The Morgan fingerprint density at radius 3 is 2.43 bits per heavy atom. The van der Waals surface area contributed by atoms with Crippen molar-refractivity contribution in [3.63, 3.8) is 0 Å². The molecule has 0 rings (SSSR count). The number of aliphatic hydroxyl groups excluding tert-OH is 1. The molecule has 0 radical (unpaired) electrons. The van der Waals surface area contributed by atoms with Gasteiger partial charge in [0.25, 0.3) is 5.09 Å². The number of nitrogens with zero attached hydrogens (tertiary/aromatic N) is 1. The van der Waals surface area contributed by atoms with Gasteiger partial charge in [-0.15, -0.1) is 10.1 Å². The number of aliphatic hydroxyl groups is 1. The molecule has 0 aromatic heterocycles. The number of hydrogen-bond donors (Lipinski definition) is 1. The first-order valence-corrected chi connectivity index (χ1v) is 5.78. The van der Waals surface area contributed by atoms with Crippen molar-refractivity contribution in [3.8, 4) is 0 Å². The maximum atomic E-state index is 10.00. The van der Waals surface area contributed by atoms with E-state index in [2.05, 4.69) is 4.84 Å². The Bertz CT molecular complexity index is 266. The van der Waals surface area contributed by atoms with Gasteiger partial charge >= 0.3 is 29.6 Å². The normalized spacial score (nSPS) is 12.7. The van der Waals surface area contributed by atoms with Gasteiger partial charge in [-0.1, -0.05) is 0 Å². The van der Waals surface area contributed by atoms with E-state index in [0.29, 0.717) is 0 Å². The fraction of sp³-hybridized carbons (Fsp3) is 1.00. The van der Waals surface area contributed by atoms with Crippen molar-refractivity contribution in [1.29, 1.82) is 0 Å². The molecule has 0 spiro atoms. The van der Waals surface area contributed by atoms with Crippen LogP contribution in [0, 0.1) is 10.1 Å². The van der Waals surface area contributed by atoms with E-state index < -0.39 is 32.7 Å². The standard InChI is InChI=1S/C3H7NO7S2.Na/c5-3(1-11-4(6)7)2-12-13(8,9)10;/h3,5H,1-2H2,(H,8,9,10);/q;+1/p-1. The zero-order valence-corrected chi connectivity index (χ0v) is 10.8. The molecule has 0 aromatic rings. The molecule has 0 amide bonds. The van der Waals surface area contributed by atoms with Crippen LogP contribution in [0.2, 0.25) is 0 Å². The molecule has 0 saturated carbocycles. The summed E-state index contributed by atoms with van der Waals surface area (Å²) in [4.78, 5) is 13.3. The van der Waals surface area contributed by atoms with Crippen LogP contribution in [-0.4, -0.2) is 41.6 Å². The molecule has 0 heterocycles. The second-order valence-corrected chi connectivity index (χ2v) is 5.18. The molecule has 0 bridgehead atoms. The van der Waals surface area contributed by atoms with Crippen LogP contribution in [0.5, 0.6) is 0 Å². The number of rotatable bonds is 6. The van der Waals surface area contributed by atoms with E-state index in [4.69, 9.17) is 5.11 Å². The molecule has 8 nitrogen and oxygen atoms in total. The van der Waals surface area contributed by atoms with Crippen molar-refractivity contribution in [2.45, 2.75) is 6.10 Å². The van der Waals surface area contributed by atoms with Gasteiger partial charge in [0.1, 0.15) is 15.8 Å². The molecule has 1 N–H and O–H groups in total. The van der Waals surface area contributed by atoms with Crippen LogP contribution in [0.4, 0.5) is 0 Å². The summed E-state index contributed by atoms with van der Waals surface area (Å²) in [7, 11) is -4.52. The van der Waals surface area contributed by atoms with E-state index in [1.807, 2.05) is 0 Å².